The highest BCUT2D eigenvalue weighted by Gasteiger charge is 2.37. The SMILES string of the molecule is Cc1ccc(C(=O)COC(=O)c2ccc3c(c2)C(=O)N(c2ccc(Oc4c(C)cccc4C)cc2)C3=O)cc1. The van der Waals surface area contributed by atoms with Crippen molar-refractivity contribution in [2.75, 3.05) is 11.5 Å². The Labute approximate surface area is 225 Å². The van der Waals surface area contributed by atoms with Gasteiger partial charge in [0.2, 0.25) is 0 Å². The normalized spacial score (nSPS) is 12.3. The maximum absolute atomic E-state index is 13.2. The van der Waals surface area contributed by atoms with Gasteiger partial charge in [-0.05, 0) is 74.4 Å². The Kier molecular flexibility index (Phi) is 6.81. The number of hydrogen-bond acceptors (Lipinski definition) is 6. The number of fused-ring (bicyclic) bond motifs is 1. The molecule has 1 aliphatic rings. The lowest BCUT2D eigenvalue weighted by molar-refractivity contribution is 0.0474. The number of ether oxygens (including phenoxy) is 2. The largest absolute Gasteiger partial charge is 0.457 e. The number of carbonyl (C=O) groups excluding carboxylic acids is 4. The smallest absolute Gasteiger partial charge is 0.338 e. The van der Waals surface area contributed by atoms with Crippen LogP contribution in [0.3, 0.4) is 0 Å². The molecule has 0 atom stereocenters. The highest BCUT2D eigenvalue weighted by atomic mass is 16.5. The molecule has 0 aromatic heterocycles. The average Bonchev–Trinajstić information content (AvgIpc) is 3.19. The third-order valence-electron chi connectivity index (χ3n) is 6.55. The number of aryl methyl sites for hydroxylation is 3. The van der Waals surface area contributed by atoms with Crippen molar-refractivity contribution >= 4 is 29.3 Å². The molecule has 0 saturated carbocycles. The van der Waals surface area contributed by atoms with Gasteiger partial charge in [-0.1, -0.05) is 48.0 Å². The fourth-order valence-corrected chi connectivity index (χ4v) is 4.38. The number of esters is 1. The van der Waals surface area contributed by atoms with Crippen molar-refractivity contribution < 1.29 is 28.7 Å². The number of nitrogens with zero attached hydrogens (tertiary/aromatic N) is 1. The second-order valence-electron chi connectivity index (χ2n) is 9.39. The second kappa shape index (κ2) is 10.4. The summed E-state index contributed by atoms with van der Waals surface area (Å²) in [6.45, 7) is 5.39. The van der Waals surface area contributed by atoms with E-state index in [0.29, 0.717) is 17.0 Å². The van der Waals surface area contributed by atoms with Crippen LogP contribution in [0.4, 0.5) is 5.69 Å². The van der Waals surface area contributed by atoms with E-state index in [9.17, 15) is 19.2 Å². The summed E-state index contributed by atoms with van der Waals surface area (Å²) in [5.74, 6) is -0.822. The van der Waals surface area contributed by atoms with Crippen molar-refractivity contribution in [2.24, 2.45) is 0 Å². The Morgan fingerprint density at radius 3 is 2.00 bits per heavy atom. The summed E-state index contributed by atoms with van der Waals surface area (Å²) in [6.07, 6.45) is 0. The quantitative estimate of drug-likeness (QED) is 0.163. The lowest BCUT2D eigenvalue weighted by Crippen LogP contribution is -2.29. The van der Waals surface area contributed by atoms with Crippen LogP contribution in [0.25, 0.3) is 0 Å². The van der Waals surface area contributed by atoms with Gasteiger partial charge in [0.25, 0.3) is 11.8 Å². The van der Waals surface area contributed by atoms with Crippen LogP contribution < -0.4 is 9.64 Å². The maximum Gasteiger partial charge on any atom is 0.338 e. The summed E-state index contributed by atoms with van der Waals surface area (Å²) in [4.78, 5) is 52.3. The molecular formula is C32H25NO6. The van der Waals surface area contributed by atoms with E-state index in [1.165, 1.54) is 18.2 Å². The Bertz CT molecular complexity index is 1600. The Balaban J connectivity index is 1.29. The second-order valence-corrected chi connectivity index (χ2v) is 9.39. The number of carbonyl (C=O) groups is 4. The van der Waals surface area contributed by atoms with Crippen LogP contribution >= 0.6 is 0 Å². The third kappa shape index (κ3) is 5.07. The molecule has 0 spiro atoms. The number of rotatable bonds is 7. The van der Waals surface area contributed by atoms with Gasteiger partial charge in [0.1, 0.15) is 11.5 Å². The summed E-state index contributed by atoms with van der Waals surface area (Å²) >= 11 is 0. The van der Waals surface area contributed by atoms with Gasteiger partial charge in [0, 0.05) is 5.56 Å². The van der Waals surface area contributed by atoms with E-state index in [1.54, 1.807) is 48.5 Å². The highest BCUT2D eigenvalue weighted by molar-refractivity contribution is 6.34. The van der Waals surface area contributed by atoms with Crippen LogP contribution in [-0.4, -0.2) is 30.2 Å². The lowest BCUT2D eigenvalue weighted by atomic mass is 10.1. The molecule has 0 N–H and O–H groups in total. The molecule has 0 aliphatic carbocycles. The van der Waals surface area contributed by atoms with Crippen LogP contribution in [-0.2, 0) is 4.74 Å². The highest BCUT2D eigenvalue weighted by Crippen LogP contribution is 2.33. The molecule has 5 rings (SSSR count). The molecule has 4 aromatic rings. The molecule has 194 valence electrons. The molecule has 0 fully saturated rings. The van der Waals surface area contributed by atoms with Gasteiger partial charge < -0.3 is 9.47 Å². The Hall–Kier alpha value is -5.04. The molecule has 0 bridgehead atoms. The number of ketones is 1. The van der Waals surface area contributed by atoms with Gasteiger partial charge >= 0.3 is 5.97 Å². The number of hydrogen-bond donors (Lipinski definition) is 0. The van der Waals surface area contributed by atoms with Gasteiger partial charge in [0.15, 0.2) is 12.4 Å². The average molecular weight is 520 g/mol. The fourth-order valence-electron chi connectivity index (χ4n) is 4.38. The number of amides is 2. The Morgan fingerprint density at radius 2 is 1.33 bits per heavy atom. The van der Waals surface area contributed by atoms with Crippen LogP contribution in [0.1, 0.15) is 58.1 Å². The van der Waals surface area contributed by atoms with Crippen molar-refractivity contribution in [2.45, 2.75) is 20.8 Å². The lowest BCUT2D eigenvalue weighted by Gasteiger charge is -2.15. The first kappa shape index (κ1) is 25.6. The number of Topliss-reactive ketones (excluding diaryl/α,β-unsaturated/α-hetero) is 1. The first-order valence-corrected chi connectivity index (χ1v) is 12.4. The summed E-state index contributed by atoms with van der Waals surface area (Å²) < 4.78 is 11.2. The molecule has 1 heterocycles. The minimum atomic E-state index is -0.759. The van der Waals surface area contributed by atoms with Crippen LogP contribution in [0.5, 0.6) is 11.5 Å². The zero-order valence-electron chi connectivity index (χ0n) is 21.7. The standard InChI is InChI=1S/C32H25NO6/c1-19-7-9-22(10-8-19)28(34)18-38-32(37)23-11-16-26-27(17-23)31(36)33(30(26)35)24-12-14-25(15-13-24)39-29-20(2)5-4-6-21(29)3/h4-17H,18H2,1-3H3. The monoisotopic (exact) mass is 519 g/mol. The van der Waals surface area contributed by atoms with Gasteiger partial charge in [-0.2, -0.15) is 0 Å². The van der Waals surface area contributed by atoms with Crippen LogP contribution in [0.2, 0.25) is 0 Å². The maximum atomic E-state index is 13.2. The first-order chi connectivity index (χ1) is 18.7. The predicted molar refractivity (Wildman–Crippen MR) is 146 cm³/mol. The summed E-state index contributed by atoms with van der Waals surface area (Å²) in [5.41, 5.74) is 4.16. The number of benzene rings is 4. The van der Waals surface area contributed by atoms with E-state index in [0.717, 1.165) is 27.3 Å². The summed E-state index contributed by atoms with van der Waals surface area (Å²) in [5, 5.41) is 0. The molecule has 2 amide bonds. The van der Waals surface area contributed by atoms with Crippen molar-refractivity contribution in [1.29, 1.82) is 0 Å². The number of anilines is 1. The zero-order valence-corrected chi connectivity index (χ0v) is 21.7. The van der Waals surface area contributed by atoms with Crippen molar-refractivity contribution in [3.05, 3.63) is 124 Å². The molecule has 0 unspecified atom stereocenters. The van der Waals surface area contributed by atoms with Crippen molar-refractivity contribution in [3.63, 3.8) is 0 Å². The summed E-state index contributed by atoms with van der Waals surface area (Å²) in [6, 6.07) is 23.6. The Morgan fingerprint density at radius 1 is 0.718 bits per heavy atom. The molecule has 0 radical (unpaired) electrons. The van der Waals surface area contributed by atoms with E-state index in [1.807, 2.05) is 39.0 Å². The van der Waals surface area contributed by atoms with Gasteiger partial charge in [0.05, 0.1) is 22.4 Å². The fraction of sp³-hybridized carbons (Fsp3) is 0.125. The minimum Gasteiger partial charge on any atom is -0.457 e. The molecule has 1 aliphatic heterocycles. The van der Waals surface area contributed by atoms with Crippen molar-refractivity contribution in [3.8, 4) is 11.5 Å². The van der Waals surface area contributed by atoms with E-state index in [2.05, 4.69) is 0 Å². The van der Waals surface area contributed by atoms with E-state index < -0.39 is 24.4 Å². The third-order valence-corrected chi connectivity index (χ3v) is 6.55. The van der Waals surface area contributed by atoms with Crippen molar-refractivity contribution in [1.82, 2.24) is 0 Å². The van der Waals surface area contributed by atoms with Gasteiger partial charge in [-0.15, -0.1) is 0 Å². The molecular weight excluding hydrogens is 494 g/mol. The number of imide groups is 1. The molecule has 39 heavy (non-hydrogen) atoms. The van der Waals surface area contributed by atoms with E-state index in [-0.39, 0.29) is 22.5 Å². The molecule has 4 aromatic carbocycles. The number of para-hydroxylation sites is 1. The molecule has 7 heteroatoms. The van der Waals surface area contributed by atoms with Gasteiger partial charge in [-0.25, -0.2) is 9.69 Å². The summed E-state index contributed by atoms with van der Waals surface area (Å²) in [7, 11) is 0. The first-order valence-electron chi connectivity index (χ1n) is 12.4. The zero-order chi connectivity index (χ0) is 27.7. The van der Waals surface area contributed by atoms with Gasteiger partial charge in [-0.3, -0.25) is 14.4 Å². The van der Waals surface area contributed by atoms with E-state index >= 15 is 0 Å². The topological polar surface area (TPSA) is 90.0 Å². The predicted octanol–water partition coefficient (Wildman–Crippen LogP) is 6.24. The van der Waals surface area contributed by atoms with Crippen LogP contribution in [0.15, 0.2) is 84.9 Å². The molecule has 7 nitrogen and oxygen atoms in total. The molecule has 0 saturated heterocycles. The minimum absolute atomic E-state index is 0.0748. The van der Waals surface area contributed by atoms with Crippen LogP contribution in [0, 0.1) is 20.8 Å². The van der Waals surface area contributed by atoms with E-state index in [4.69, 9.17) is 9.47 Å².